The van der Waals surface area contributed by atoms with Gasteiger partial charge in [-0.25, -0.2) is 13.1 Å². The molecule has 1 aliphatic carbocycles. The smallest absolute Gasteiger partial charge is 0.240 e. The molecule has 0 bridgehead atoms. The van der Waals surface area contributed by atoms with E-state index < -0.39 is 10.0 Å². The number of nitriles is 1. The first-order valence-electron chi connectivity index (χ1n) is 11.5. The Bertz CT molecular complexity index is 1170. The van der Waals surface area contributed by atoms with Gasteiger partial charge in [0.15, 0.2) is 0 Å². The summed E-state index contributed by atoms with van der Waals surface area (Å²) in [7, 11) is -3.72. The minimum absolute atomic E-state index is 0.000589. The van der Waals surface area contributed by atoms with Crippen LogP contribution in [0.5, 0.6) is 0 Å². The highest BCUT2D eigenvalue weighted by Gasteiger charge is 2.33. The van der Waals surface area contributed by atoms with Gasteiger partial charge in [0.1, 0.15) is 0 Å². The SMILES string of the molecule is CC1=CC(CNS(=O)(=O)c2cccc(C#N)c2)C(C(C)C)CC1CC(=O)NCc1cccnc1. The summed E-state index contributed by atoms with van der Waals surface area (Å²) in [6.45, 7) is 7.02. The van der Waals surface area contributed by atoms with E-state index in [0.29, 0.717) is 24.4 Å². The van der Waals surface area contributed by atoms with E-state index in [1.165, 1.54) is 12.1 Å². The normalized spacial score (nSPS) is 20.4. The van der Waals surface area contributed by atoms with Crippen LogP contribution in [0.25, 0.3) is 0 Å². The summed E-state index contributed by atoms with van der Waals surface area (Å²) in [6.07, 6.45) is 6.81. The van der Waals surface area contributed by atoms with E-state index in [2.05, 4.69) is 34.9 Å². The highest BCUT2D eigenvalue weighted by molar-refractivity contribution is 7.89. The van der Waals surface area contributed by atoms with Crippen molar-refractivity contribution < 1.29 is 13.2 Å². The summed E-state index contributed by atoms with van der Waals surface area (Å²) in [5.74, 6) is 0.737. The van der Waals surface area contributed by atoms with Gasteiger partial charge in [0.25, 0.3) is 0 Å². The van der Waals surface area contributed by atoms with E-state index in [1.807, 2.05) is 25.1 Å². The summed E-state index contributed by atoms with van der Waals surface area (Å²) in [5, 5.41) is 12.0. The number of amides is 1. The fraction of sp³-hybridized carbons (Fsp3) is 0.423. The fourth-order valence-electron chi connectivity index (χ4n) is 4.53. The predicted octanol–water partition coefficient (Wildman–Crippen LogP) is 3.79. The van der Waals surface area contributed by atoms with E-state index in [1.54, 1.807) is 24.5 Å². The Kier molecular flexibility index (Phi) is 8.59. The van der Waals surface area contributed by atoms with Crippen LogP contribution in [0.2, 0.25) is 0 Å². The number of benzene rings is 1. The van der Waals surface area contributed by atoms with Crippen molar-refractivity contribution in [2.24, 2.45) is 23.7 Å². The number of carbonyl (C=O) groups is 1. The molecular formula is C26H32N4O3S. The Morgan fingerprint density at radius 3 is 2.74 bits per heavy atom. The Morgan fingerprint density at radius 1 is 1.26 bits per heavy atom. The van der Waals surface area contributed by atoms with E-state index in [0.717, 1.165) is 17.6 Å². The van der Waals surface area contributed by atoms with Gasteiger partial charge in [0.2, 0.25) is 15.9 Å². The molecule has 7 nitrogen and oxygen atoms in total. The van der Waals surface area contributed by atoms with Crippen molar-refractivity contribution in [1.29, 1.82) is 5.26 Å². The van der Waals surface area contributed by atoms with Gasteiger partial charge in [-0.1, -0.05) is 37.6 Å². The first-order valence-corrected chi connectivity index (χ1v) is 13.0. The molecule has 1 amide bonds. The van der Waals surface area contributed by atoms with Gasteiger partial charge >= 0.3 is 0 Å². The number of hydrogen-bond donors (Lipinski definition) is 2. The lowest BCUT2D eigenvalue weighted by Gasteiger charge is -2.37. The molecule has 0 radical (unpaired) electrons. The summed E-state index contributed by atoms with van der Waals surface area (Å²) in [5.41, 5.74) is 2.38. The average Bonchev–Trinajstić information content (AvgIpc) is 2.83. The van der Waals surface area contributed by atoms with Crippen LogP contribution in [-0.2, 0) is 21.4 Å². The van der Waals surface area contributed by atoms with E-state index in [4.69, 9.17) is 5.26 Å². The second-order valence-corrected chi connectivity index (χ2v) is 11.0. The molecule has 8 heteroatoms. The molecule has 2 aromatic rings. The molecule has 3 rings (SSSR count). The number of rotatable bonds is 9. The van der Waals surface area contributed by atoms with Crippen molar-refractivity contribution in [3.63, 3.8) is 0 Å². The zero-order chi connectivity index (χ0) is 24.7. The molecule has 0 saturated heterocycles. The van der Waals surface area contributed by atoms with Gasteiger partial charge in [0, 0.05) is 31.9 Å². The van der Waals surface area contributed by atoms with Gasteiger partial charge in [-0.05, 0) is 66.8 Å². The number of pyridine rings is 1. The maximum Gasteiger partial charge on any atom is 0.240 e. The lowest BCUT2D eigenvalue weighted by atomic mass is 9.70. The van der Waals surface area contributed by atoms with Crippen LogP contribution in [-0.4, -0.2) is 25.9 Å². The van der Waals surface area contributed by atoms with Crippen molar-refractivity contribution in [3.05, 3.63) is 71.6 Å². The number of carbonyl (C=O) groups excluding carboxylic acids is 1. The molecule has 3 unspecified atom stereocenters. The summed E-state index contributed by atoms with van der Waals surface area (Å²) in [4.78, 5) is 16.7. The van der Waals surface area contributed by atoms with Crippen molar-refractivity contribution in [1.82, 2.24) is 15.0 Å². The molecule has 180 valence electrons. The zero-order valence-electron chi connectivity index (χ0n) is 19.9. The number of nitrogens with zero attached hydrogens (tertiary/aromatic N) is 2. The molecule has 1 aliphatic rings. The minimum Gasteiger partial charge on any atom is -0.352 e. The average molecular weight is 481 g/mol. The monoisotopic (exact) mass is 480 g/mol. The molecule has 1 heterocycles. The van der Waals surface area contributed by atoms with Crippen molar-refractivity contribution in [2.45, 2.75) is 45.1 Å². The standard InChI is InChI=1S/C26H32N4O3S/c1-18(2)25-12-22(13-26(31)29-16-21-7-5-9-28-15-21)19(3)10-23(25)17-30-34(32,33)24-8-4-6-20(11-24)14-27/h4-11,15,18,22-23,25,30H,12-13,16-17H2,1-3H3,(H,29,31). The molecule has 0 fully saturated rings. The zero-order valence-corrected chi connectivity index (χ0v) is 20.7. The molecule has 2 N–H and O–H groups in total. The number of allylic oxidation sites excluding steroid dienone is 1. The van der Waals surface area contributed by atoms with Gasteiger partial charge in [-0.15, -0.1) is 0 Å². The number of sulfonamides is 1. The molecule has 0 saturated carbocycles. The lowest BCUT2D eigenvalue weighted by Crippen LogP contribution is -2.37. The summed E-state index contributed by atoms with van der Waals surface area (Å²) >= 11 is 0. The third-order valence-corrected chi connectivity index (χ3v) is 7.93. The van der Waals surface area contributed by atoms with Gasteiger partial charge < -0.3 is 5.32 Å². The molecular weight excluding hydrogens is 448 g/mol. The van der Waals surface area contributed by atoms with Crippen LogP contribution in [0.15, 0.2) is 65.3 Å². The second kappa shape index (κ2) is 11.4. The highest BCUT2D eigenvalue weighted by atomic mass is 32.2. The quantitative estimate of drug-likeness (QED) is 0.530. The van der Waals surface area contributed by atoms with E-state index in [9.17, 15) is 13.2 Å². The molecule has 3 atom stereocenters. The molecule has 1 aromatic carbocycles. The van der Waals surface area contributed by atoms with E-state index >= 15 is 0 Å². The first-order chi connectivity index (χ1) is 16.2. The maximum atomic E-state index is 12.8. The van der Waals surface area contributed by atoms with Crippen molar-refractivity contribution in [3.8, 4) is 6.07 Å². The highest BCUT2D eigenvalue weighted by Crippen LogP contribution is 2.38. The summed E-state index contributed by atoms with van der Waals surface area (Å²) in [6, 6.07) is 11.8. The first kappa shape index (κ1) is 25.6. The van der Waals surface area contributed by atoms with Gasteiger partial charge in [-0.3, -0.25) is 9.78 Å². The molecule has 0 spiro atoms. The third-order valence-electron chi connectivity index (χ3n) is 6.51. The van der Waals surface area contributed by atoms with Crippen molar-refractivity contribution in [2.75, 3.05) is 6.54 Å². The van der Waals surface area contributed by atoms with Crippen LogP contribution in [0.3, 0.4) is 0 Å². The number of hydrogen-bond acceptors (Lipinski definition) is 5. The largest absolute Gasteiger partial charge is 0.352 e. The van der Waals surface area contributed by atoms with Crippen LogP contribution >= 0.6 is 0 Å². The summed E-state index contributed by atoms with van der Waals surface area (Å²) < 4.78 is 28.3. The Morgan fingerprint density at radius 2 is 2.06 bits per heavy atom. The predicted molar refractivity (Wildman–Crippen MR) is 131 cm³/mol. The molecule has 0 aliphatic heterocycles. The lowest BCUT2D eigenvalue weighted by molar-refractivity contribution is -0.122. The van der Waals surface area contributed by atoms with Gasteiger partial charge in [0.05, 0.1) is 16.5 Å². The third kappa shape index (κ3) is 6.75. The maximum absolute atomic E-state index is 12.8. The Labute approximate surface area is 202 Å². The van der Waals surface area contributed by atoms with E-state index in [-0.39, 0.29) is 35.1 Å². The number of nitrogens with one attached hydrogen (secondary N) is 2. The molecule has 34 heavy (non-hydrogen) atoms. The van der Waals surface area contributed by atoms with Crippen LogP contribution in [0, 0.1) is 35.0 Å². The Hall–Kier alpha value is -3.02. The molecule has 1 aromatic heterocycles. The number of aromatic nitrogens is 1. The fourth-order valence-corrected chi connectivity index (χ4v) is 5.65. The van der Waals surface area contributed by atoms with Crippen LogP contribution < -0.4 is 10.0 Å². The Balaban J connectivity index is 1.64. The topological polar surface area (TPSA) is 112 Å². The van der Waals surface area contributed by atoms with Crippen molar-refractivity contribution >= 4 is 15.9 Å². The van der Waals surface area contributed by atoms with Crippen LogP contribution in [0.4, 0.5) is 0 Å². The second-order valence-electron chi connectivity index (χ2n) is 9.25. The minimum atomic E-state index is -3.72. The van der Waals surface area contributed by atoms with Crippen LogP contribution in [0.1, 0.15) is 44.7 Å². The van der Waals surface area contributed by atoms with Gasteiger partial charge in [-0.2, -0.15) is 5.26 Å².